The van der Waals surface area contributed by atoms with Gasteiger partial charge in [-0.25, -0.2) is 0 Å². The van der Waals surface area contributed by atoms with Crippen molar-refractivity contribution in [3.05, 3.63) is 0 Å². The first-order valence-electron chi connectivity index (χ1n) is 8.20. The van der Waals surface area contributed by atoms with Gasteiger partial charge >= 0.3 is 24.8 Å². The molecular weight excluding hydrogens is 277 g/mol. The fourth-order valence-corrected chi connectivity index (χ4v) is 2.41. The molecule has 5 nitrogen and oxygen atoms in total. The summed E-state index contributed by atoms with van der Waals surface area (Å²) in [6.45, 7) is 2.19. The quantitative estimate of drug-likeness (QED) is 0.312. The summed E-state index contributed by atoms with van der Waals surface area (Å²) in [7, 11) is 0. The zero-order valence-corrected chi connectivity index (χ0v) is 14.3. The molecule has 6 heteroatoms. The standard InChI is InChI=1S/C16H31NO4.Li/c1-2-3-4-5-6-7-8-9-10-11-12-17(13-15(18)19)14-16(20)21;/h2-14H2,1H3,(H,18,19)(H,20,21);/q;+1/p-1. The molecule has 1 N–H and O–H groups in total. The number of carbonyl (C=O) groups excluding carboxylic acids is 1. The minimum absolute atomic E-state index is 0. The predicted molar refractivity (Wildman–Crippen MR) is 80.9 cm³/mol. The van der Waals surface area contributed by atoms with Crippen LogP contribution in [0.4, 0.5) is 0 Å². The third-order valence-electron chi connectivity index (χ3n) is 3.54. The molecule has 0 unspecified atom stereocenters. The van der Waals surface area contributed by atoms with Gasteiger partial charge in [-0.3, -0.25) is 9.69 Å². The number of unbranched alkanes of at least 4 members (excludes halogenated alkanes) is 9. The van der Waals surface area contributed by atoms with E-state index in [9.17, 15) is 14.7 Å². The van der Waals surface area contributed by atoms with E-state index < -0.39 is 11.9 Å². The van der Waals surface area contributed by atoms with Gasteiger partial charge in [0.15, 0.2) is 0 Å². The fraction of sp³-hybridized carbons (Fsp3) is 0.875. The molecule has 0 amide bonds. The van der Waals surface area contributed by atoms with E-state index in [1.54, 1.807) is 0 Å². The molecule has 0 aliphatic heterocycles. The van der Waals surface area contributed by atoms with Crippen LogP contribution in [0.1, 0.15) is 71.1 Å². The van der Waals surface area contributed by atoms with Gasteiger partial charge in [-0.15, -0.1) is 0 Å². The first-order chi connectivity index (χ1) is 10.1. The third-order valence-corrected chi connectivity index (χ3v) is 3.54. The smallest absolute Gasteiger partial charge is 0.549 e. The molecule has 0 aliphatic rings. The maximum atomic E-state index is 10.6. The van der Waals surface area contributed by atoms with Crippen LogP contribution < -0.4 is 24.0 Å². The molecule has 0 saturated carbocycles. The molecule has 0 saturated heterocycles. The van der Waals surface area contributed by atoms with Gasteiger partial charge in [-0.05, 0) is 13.0 Å². The summed E-state index contributed by atoms with van der Waals surface area (Å²) >= 11 is 0. The Morgan fingerprint density at radius 3 is 1.73 bits per heavy atom. The molecule has 0 radical (unpaired) electrons. The predicted octanol–water partition coefficient (Wildman–Crippen LogP) is -0.952. The van der Waals surface area contributed by atoms with E-state index in [1.165, 1.54) is 49.8 Å². The molecule has 0 aliphatic carbocycles. The van der Waals surface area contributed by atoms with Gasteiger partial charge < -0.3 is 15.0 Å². The summed E-state index contributed by atoms with van der Waals surface area (Å²) in [4.78, 5) is 22.6. The van der Waals surface area contributed by atoms with Crippen molar-refractivity contribution in [2.45, 2.75) is 71.1 Å². The monoisotopic (exact) mass is 307 g/mol. The summed E-state index contributed by atoms with van der Waals surface area (Å²) in [5.74, 6) is -2.22. The van der Waals surface area contributed by atoms with Crippen molar-refractivity contribution in [3.63, 3.8) is 0 Å². The molecule has 0 spiro atoms. The molecule has 0 rings (SSSR count). The Balaban J connectivity index is 0. The van der Waals surface area contributed by atoms with Crippen molar-refractivity contribution in [1.29, 1.82) is 0 Å². The second-order valence-corrected chi connectivity index (χ2v) is 5.66. The van der Waals surface area contributed by atoms with Crippen LogP contribution in [0.3, 0.4) is 0 Å². The maximum Gasteiger partial charge on any atom is 1.00 e. The first kappa shape index (κ1) is 23.8. The third kappa shape index (κ3) is 17.5. The Kier molecular flexibility index (Phi) is 18.2. The summed E-state index contributed by atoms with van der Waals surface area (Å²) in [6.07, 6.45) is 12.1. The Bertz CT molecular complexity index is 271. The minimum Gasteiger partial charge on any atom is -0.549 e. The van der Waals surface area contributed by atoms with Crippen LogP contribution in [0.5, 0.6) is 0 Å². The summed E-state index contributed by atoms with van der Waals surface area (Å²) < 4.78 is 0. The average Bonchev–Trinajstić information content (AvgIpc) is 2.39. The van der Waals surface area contributed by atoms with Gasteiger partial charge in [0, 0.05) is 6.54 Å². The van der Waals surface area contributed by atoms with Gasteiger partial charge in [0.2, 0.25) is 0 Å². The Hall–Kier alpha value is -0.503. The van der Waals surface area contributed by atoms with Crippen LogP contribution in [0.2, 0.25) is 0 Å². The van der Waals surface area contributed by atoms with Gasteiger partial charge in [0.1, 0.15) is 0 Å². The maximum absolute atomic E-state index is 10.6. The Morgan fingerprint density at radius 1 is 0.864 bits per heavy atom. The molecule has 0 bridgehead atoms. The Morgan fingerprint density at radius 2 is 1.32 bits per heavy atom. The van der Waals surface area contributed by atoms with E-state index >= 15 is 0 Å². The van der Waals surface area contributed by atoms with E-state index in [0.29, 0.717) is 6.54 Å². The molecular formula is C16H30LiNO4. The number of carboxylic acids is 2. The van der Waals surface area contributed by atoms with Gasteiger partial charge in [-0.2, -0.15) is 0 Å². The van der Waals surface area contributed by atoms with Crippen LogP contribution in [-0.4, -0.2) is 41.6 Å². The number of carboxylic acid groups (broad SMARTS) is 2. The summed E-state index contributed by atoms with van der Waals surface area (Å²) in [6, 6.07) is 0. The van der Waals surface area contributed by atoms with Gasteiger partial charge in [0.05, 0.1) is 12.5 Å². The molecule has 0 aromatic carbocycles. The summed E-state index contributed by atoms with van der Waals surface area (Å²) in [5, 5.41) is 19.2. The van der Waals surface area contributed by atoms with E-state index in [0.717, 1.165) is 19.3 Å². The van der Waals surface area contributed by atoms with Crippen molar-refractivity contribution in [2.24, 2.45) is 0 Å². The van der Waals surface area contributed by atoms with Crippen LogP contribution >= 0.6 is 0 Å². The van der Waals surface area contributed by atoms with Crippen LogP contribution in [0.15, 0.2) is 0 Å². The van der Waals surface area contributed by atoms with Crippen LogP contribution in [0.25, 0.3) is 0 Å². The SMILES string of the molecule is CCCCCCCCCCCCN(CC(=O)[O-])CC(=O)O.[Li+]. The minimum atomic E-state index is -1.22. The molecule has 0 aromatic heterocycles. The molecule has 0 fully saturated rings. The molecule has 0 heterocycles. The molecule has 0 atom stereocenters. The topological polar surface area (TPSA) is 80.7 Å². The number of nitrogens with zero attached hydrogens (tertiary/aromatic N) is 1. The van der Waals surface area contributed by atoms with Gasteiger partial charge in [0.25, 0.3) is 0 Å². The summed E-state index contributed by atoms with van der Waals surface area (Å²) in [5.41, 5.74) is 0. The molecule has 124 valence electrons. The van der Waals surface area contributed by atoms with Crippen LogP contribution in [-0.2, 0) is 9.59 Å². The fourth-order valence-electron chi connectivity index (χ4n) is 2.41. The van der Waals surface area contributed by atoms with E-state index in [1.807, 2.05) is 0 Å². The normalized spacial score (nSPS) is 10.5. The number of hydrogen-bond donors (Lipinski definition) is 1. The van der Waals surface area contributed by atoms with E-state index in [-0.39, 0.29) is 32.0 Å². The molecule has 22 heavy (non-hydrogen) atoms. The largest absolute Gasteiger partial charge is 1.00 e. The zero-order chi connectivity index (χ0) is 15.9. The van der Waals surface area contributed by atoms with E-state index in [2.05, 4.69) is 6.92 Å². The van der Waals surface area contributed by atoms with Crippen LogP contribution in [0, 0.1) is 0 Å². The average molecular weight is 307 g/mol. The Labute approximate surface area is 146 Å². The number of carbonyl (C=O) groups is 2. The van der Waals surface area contributed by atoms with E-state index in [4.69, 9.17) is 5.11 Å². The first-order valence-corrected chi connectivity index (χ1v) is 8.20. The van der Waals surface area contributed by atoms with Crippen molar-refractivity contribution in [2.75, 3.05) is 19.6 Å². The van der Waals surface area contributed by atoms with Crippen molar-refractivity contribution >= 4 is 11.9 Å². The number of hydrogen-bond acceptors (Lipinski definition) is 4. The number of aliphatic carboxylic acids is 2. The van der Waals surface area contributed by atoms with Crippen molar-refractivity contribution < 1.29 is 38.7 Å². The van der Waals surface area contributed by atoms with Crippen molar-refractivity contribution in [1.82, 2.24) is 4.90 Å². The number of rotatable bonds is 15. The van der Waals surface area contributed by atoms with Gasteiger partial charge in [-0.1, -0.05) is 64.7 Å². The molecule has 0 aromatic rings. The van der Waals surface area contributed by atoms with Crippen molar-refractivity contribution in [3.8, 4) is 0 Å². The second-order valence-electron chi connectivity index (χ2n) is 5.66. The zero-order valence-electron chi connectivity index (χ0n) is 14.3. The second kappa shape index (κ2) is 16.9.